The van der Waals surface area contributed by atoms with Crippen LogP contribution >= 0.6 is 0 Å². The molecule has 2 rings (SSSR count). The number of piperidine rings is 1. The zero-order chi connectivity index (χ0) is 20.6. The second-order valence-electron chi connectivity index (χ2n) is 7.36. The summed E-state index contributed by atoms with van der Waals surface area (Å²) in [7, 11) is 0. The molecule has 28 heavy (non-hydrogen) atoms. The second-order valence-corrected chi connectivity index (χ2v) is 7.36. The Labute approximate surface area is 163 Å². The van der Waals surface area contributed by atoms with E-state index in [9.17, 15) is 18.0 Å². The largest absolute Gasteiger partial charge is 0.416 e. The Hall–Kier alpha value is -2.09. The van der Waals surface area contributed by atoms with Crippen molar-refractivity contribution in [2.75, 3.05) is 26.2 Å². The Bertz CT molecular complexity index is 665. The first-order valence-corrected chi connectivity index (χ1v) is 9.58. The first kappa shape index (κ1) is 22.2. The minimum absolute atomic E-state index is 0.0163. The molecule has 1 aromatic rings. The van der Waals surface area contributed by atoms with Crippen LogP contribution < -0.4 is 5.32 Å². The molecule has 1 amide bonds. The summed E-state index contributed by atoms with van der Waals surface area (Å²) < 4.78 is 38.1. The molecular weight excluding hydrogens is 371 g/mol. The van der Waals surface area contributed by atoms with Crippen LogP contribution in [0.2, 0.25) is 0 Å². The number of amides is 1. The molecule has 0 aliphatic carbocycles. The zero-order valence-electron chi connectivity index (χ0n) is 16.4. The normalized spacial score (nSPS) is 15.1. The van der Waals surface area contributed by atoms with Gasteiger partial charge in [-0.25, -0.2) is 0 Å². The van der Waals surface area contributed by atoms with Crippen molar-refractivity contribution in [1.82, 2.24) is 10.2 Å². The zero-order valence-corrected chi connectivity index (χ0v) is 16.4. The molecule has 156 valence electrons. The summed E-state index contributed by atoms with van der Waals surface area (Å²) in [5, 5.41) is 7.30. The minimum atomic E-state index is -4.37. The summed E-state index contributed by atoms with van der Waals surface area (Å²) in [5.41, 5.74) is 0.547. The van der Waals surface area contributed by atoms with Crippen molar-refractivity contribution < 1.29 is 22.8 Å². The van der Waals surface area contributed by atoms with Crippen LogP contribution in [0.4, 0.5) is 13.2 Å². The molecule has 0 atom stereocenters. The van der Waals surface area contributed by atoms with Crippen LogP contribution in [0.5, 0.6) is 0 Å². The molecule has 1 heterocycles. The molecule has 0 unspecified atom stereocenters. The lowest BCUT2D eigenvalue weighted by molar-refractivity contribution is -0.137. The number of halogens is 3. The average molecular weight is 399 g/mol. The first-order chi connectivity index (χ1) is 13.3. The lowest BCUT2D eigenvalue weighted by Crippen LogP contribution is -2.40. The number of hydrogen-bond donors (Lipinski definition) is 1. The van der Waals surface area contributed by atoms with Crippen molar-refractivity contribution in [3.8, 4) is 0 Å². The molecule has 5 nitrogen and oxygen atoms in total. The number of carbonyl (C=O) groups excluding carboxylic acids is 1. The Morgan fingerprint density at radius 1 is 1.29 bits per heavy atom. The molecule has 1 aliphatic heterocycles. The number of carbonyl (C=O) groups is 1. The lowest BCUT2D eigenvalue weighted by Gasteiger charge is -2.27. The fourth-order valence-electron chi connectivity index (χ4n) is 2.89. The maximum atomic E-state index is 12.7. The van der Waals surface area contributed by atoms with Crippen molar-refractivity contribution in [3.63, 3.8) is 0 Å². The number of rotatable bonds is 8. The number of alkyl halides is 3. The fourth-order valence-corrected chi connectivity index (χ4v) is 2.89. The van der Waals surface area contributed by atoms with Crippen LogP contribution in [0.3, 0.4) is 0 Å². The summed E-state index contributed by atoms with van der Waals surface area (Å²) in [5.74, 6) is 0.681. The number of nitrogens with one attached hydrogen (secondary N) is 1. The molecule has 0 saturated carbocycles. The van der Waals surface area contributed by atoms with Crippen LogP contribution in [0, 0.1) is 5.92 Å². The van der Waals surface area contributed by atoms with Gasteiger partial charge in [-0.05, 0) is 30.2 Å². The highest BCUT2D eigenvalue weighted by Gasteiger charge is 2.30. The van der Waals surface area contributed by atoms with Crippen LogP contribution in [0.25, 0.3) is 0 Å². The molecular formula is C20H28F3N3O2. The second kappa shape index (κ2) is 10.5. The number of likely N-dealkylation sites (tertiary alicyclic amines) is 1. The molecule has 1 N–H and O–H groups in total. The van der Waals surface area contributed by atoms with E-state index in [2.05, 4.69) is 24.3 Å². The molecule has 0 radical (unpaired) electrons. The first-order valence-electron chi connectivity index (χ1n) is 9.58. The van der Waals surface area contributed by atoms with E-state index in [0.717, 1.165) is 24.4 Å². The summed E-state index contributed by atoms with van der Waals surface area (Å²) in [6.45, 7) is 6.98. The van der Waals surface area contributed by atoms with Crippen LogP contribution in [-0.4, -0.2) is 42.7 Å². The standard InChI is InChI=1S/C20H28F3N3O2/c1-15(2)13-24-9-6-19(27)26-10-7-18(8-11-26)25-28-14-16-4-3-5-17(12-16)20(21,22)23/h3-5,12,15,24H,6-11,13-14H2,1-2H3. The van der Waals surface area contributed by atoms with Gasteiger partial charge in [0.2, 0.25) is 5.91 Å². The summed E-state index contributed by atoms with van der Waals surface area (Å²) >= 11 is 0. The van der Waals surface area contributed by atoms with Crippen LogP contribution in [0.1, 0.15) is 44.2 Å². The predicted molar refractivity (Wildman–Crippen MR) is 102 cm³/mol. The third-order valence-corrected chi connectivity index (χ3v) is 4.44. The highest BCUT2D eigenvalue weighted by atomic mass is 19.4. The van der Waals surface area contributed by atoms with E-state index in [-0.39, 0.29) is 12.5 Å². The lowest BCUT2D eigenvalue weighted by atomic mass is 10.1. The van der Waals surface area contributed by atoms with Gasteiger partial charge in [-0.3, -0.25) is 4.79 Å². The van der Waals surface area contributed by atoms with Gasteiger partial charge in [-0.15, -0.1) is 0 Å². The van der Waals surface area contributed by atoms with Gasteiger partial charge >= 0.3 is 6.18 Å². The minimum Gasteiger partial charge on any atom is -0.391 e. The number of benzene rings is 1. The van der Waals surface area contributed by atoms with Gasteiger partial charge in [0, 0.05) is 38.9 Å². The molecule has 1 aliphatic rings. The highest BCUT2D eigenvalue weighted by Crippen LogP contribution is 2.29. The SMILES string of the molecule is CC(C)CNCCC(=O)N1CCC(=NOCc2cccc(C(F)(F)F)c2)CC1. The van der Waals surface area contributed by atoms with E-state index in [1.807, 2.05) is 4.90 Å². The molecule has 0 aromatic heterocycles. The summed E-state index contributed by atoms with van der Waals surface area (Å²) in [6.07, 6.45) is -2.65. The smallest absolute Gasteiger partial charge is 0.391 e. The number of nitrogens with zero attached hydrogens (tertiary/aromatic N) is 2. The Kier molecular flexibility index (Phi) is 8.29. The third kappa shape index (κ3) is 7.50. The van der Waals surface area contributed by atoms with Gasteiger partial charge in [0.25, 0.3) is 0 Å². The van der Waals surface area contributed by atoms with Crippen LogP contribution in [0.15, 0.2) is 29.4 Å². The van der Waals surface area contributed by atoms with Gasteiger partial charge in [0.05, 0.1) is 11.3 Å². The van der Waals surface area contributed by atoms with Gasteiger partial charge in [-0.2, -0.15) is 13.2 Å². The van der Waals surface area contributed by atoms with Gasteiger partial charge in [0.1, 0.15) is 6.61 Å². The van der Waals surface area contributed by atoms with Crippen molar-refractivity contribution in [2.45, 2.75) is 45.9 Å². The van der Waals surface area contributed by atoms with E-state index in [0.29, 0.717) is 50.4 Å². The maximum absolute atomic E-state index is 12.7. The molecule has 1 aromatic carbocycles. The number of hydrogen-bond acceptors (Lipinski definition) is 4. The average Bonchev–Trinajstić information content (AvgIpc) is 2.65. The summed E-state index contributed by atoms with van der Waals surface area (Å²) in [4.78, 5) is 19.2. The van der Waals surface area contributed by atoms with Gasteiger partial charge < -0.3 is 15.1 Å². The van der Waals surface area contributed by atoms with Crippen LogP contribution in [-0.2, 0) is 22.4 Å². The maximum Gasteiger partial charge on any atom is 0.416 e. The molecule has 8 heteroatoms. The third-order valence-electron chi connectivity index (χ3n) is 4.44. The van der Waals surface area contributed by atoms with Crippen molar-refractivity contribution >= 4 is 11.6 Å². The van der Waals surface area contributed by atoms with E-state index in [4.69, 9.17) is 4.84 Å². The van der Waals surface area contributed by atoms with E-state index in [1.54, 1.807) is 6.07 Å². The molecule has 1 fully saturated rings. The highest BCUT2D eigenvalue weighted by molar-refractivity contribution is 5.87. The molecule has 1 saturated heterocycles. The summed E-state index contributed by atoms with van der Waals surface area (Å²) in [6, 6.07) is 5.02. The number of oxime groups is 1. The van der Waals surface area contributed by atoms with Gasteiger partial charge in [0.15, 0.2) is 0 Å². The van der Waals surface area contributed by atoms with Crippen molar-refractivity contribution in [2.24, 2.45) is 11.1 Å². The topological polar surface area (TPSA) is 53.9 Å². The Morgan fingerprint density at radius 2 is 2.00 bits per heavy atom. The molecule has 0 spiro atoms. The molecule has 0 bridgehead atoms. The Balaban J connectivity index is 1.72. The predicted octanol–water partition coefficient (Wildman–Crippen LogP) is 3.84. The van der Waals surface area contributed by atoms with E-state index < -0.39 is 11.7 Å². The van der Waals surface area contributed by atoms with E-state index >= 15 is 0 Å². The quantitative estimate of drug-likeness (QED) is 0.534. The monoisotopic (exact) mass is 399 g/mol. The van der Waals surface area contributed by atoms with E-state index in [1.165, 1.54) is 6.07 Å². The van der Waals surface area contributed by atoms with Crippen molar-refractivity contribution in [1.29, 1.82) is 0 Å². The van der Waals surface area contributed by atoms with Crippen molar-refractivity contribution in [3.05, 3.63) is 35.4 Å². The Morgan fingerprint density at radius 3 is 2.64 bits per heavy atom. The fraction of sp³-hybridized carbons (Fsp3) is 0.600. The van der Waals surface area contributed by atoms with Gasteiger partial charge in [-0.1, -0.05) is 31.1 Å².